The van der Waals surface area contributed by atoms with Crippen molar-refractivity contribution in [3.8, 4) is 0 Å². The van der Waals surface area contributed by atoms with Gasteiger partial charge in [0.1, 0.15) is 0 Å². The van der Waals surface area contributed by atoms with Gasteiger partial charge in [0.15, 0.2) is 0 Å². The van der Waals surface area contributed by atoms with Crippen LogP contribution in [0.1, 0.15) is 60.3 Å². The van der Waals surface area contributed by atoms with Gasteiger partial charge in [-0.05, 0) is 33.1 Å². The van der Waals surface area contributed by atoms with Crippen molar-refractivity contribution in [3.63, 3.8) is 0 Å². The molecule has 0 aromatic rings. The summed E-state index contributed by atoms with van der Waals surface area (Å²) in [5, 5.41) is -0.383. The van der Waals surface area contributed by atoms with E-state index in [2.05, 4.69) is 6.92 Å². The minimum atomic E-state index is -2.97. The van der Waals surface area contributed by atoms with Gasteiger partial charge in [0.25, 0.3) is 0 Å². The summed E-state index contributed by atoms with van der Waals surface area (Å²) >= 11 is 0. The first kappa shape index (κ1) is 16.1. The second kappa shape index (κ2) is 7.47. The maximum absolute atomic E-state index is 12.7. The maximum atomic E-state index is 12.7. The summed E-state index contributed by atoms with van der Waals surface area (Å²) < 4.78 is 23.8. The van der Waals surface area contributed by atoms with Crippen molar-refractivity contribution >= 4 is 7.60 Å². The molecule has 0 fully saturated rings. The van der Waals surface area contributed by atoms with E-state index in [9.17, 15) is 4.57 Å². The third-order valence-corrected chi connectivity index (χ3v) is 5.29. The van der Waals surface area contributed by atoms with Gasteiger partial charge in [-0.3, -0.25) is 4.57 Å². The predicted octanol–water partition coefficient (Wildman–Crippen LogP) is 4.61. The van der Waals surface area contributed by atoms with Gasteiger partial charge in [-0.25, -0.2) is 0 Å². The molecule has 0 bridgehead atoms. The molecule has 3 nitrogen and oxygen atoms in total. The van der Waals surface area contributed by atoms with Crippen LogP contribution in [-0.4, -0.2) is 18.4 Å². The minimum Gasteiger partial charge on any atom is -0.308 e. The molecule has 0 atom stereocenters. The molecule has 16 heavy (non-hydrogen) atoms. The SMILES string of the molecule is CCCOP(=O)(OCCC)C(C)(C)CCC. The fraction of sp³-hybridized carbons (Fsp3) is 1.00. The number of hydrogen-bond donors (Lipinski definition) is 0. The summed E-state index contributed by atoms with van der Waals surface area (Å²) in [4.78, 5) is 0. The highest BCUT2D eigenvalue weighted by Crippen LogP contribution is 2.61. The summed E-state index contributed by atoms with van der Waals surface area (Å²) in [6, 6.07) is 0. The molecular weight excluding hydrogens is 223 g/mol. The summed E-state index contributed by atoms with van der Waals surface area (Å²) in [7, 11) is -2.97. The normalized spacial score (nSPS) is 13.1. The maximum Gasteiger partial charge on any atom is 0.336 e. The van der Waals surface area contributed by atoms with Crippen molar-refractivity contribution in [1.29, 1.82) is 0 Å². The van der Waals surface area contributed by atoms with E-state index in [1.807, 2.05) is 27.7 Å². The smallest absolute Gasteiger partial charge is 0.308 e. The third kappa shape index (κ3) is 4.57. The Bertz CT molecular complexity index is 214. The van der Waals surface area contributed by atoms with E-state index in [0.29, 0.717) is 13.2 Å². The van der Waals surface area contributed by atoms with Gasteiger partial charge in [0, 0.05) is 0 Å². The largest absolute Gasteiger partial charge is 0.336 e. The van der Waals surface area contributed by atoms with Crippen molar-refractivity contribution in [2.75, 3.05) is 13.2 Å². The Labute approximate surface area is 100 Å². The van der Waals surface area contributed by atoms with Crippen molar-refractivity contribution in [1.82, 2.24) is 0 Å². The average molecular weight is 250 g/mol. The van der Waals surface area contributed by atoms with E-state index >= 15 is 0 Å². The van der Waals surface area contributed by atoms with E-state index in [-0.39, 0.29) is 5.16 Å². The first-order valence-electron chi connectivity index (χ1n) is 6.32. The van der Waals surface area contributed by atoms with Gasteiger partial charge >= 0.3 is 7.60 Å². The first-order chi connectivity index (χ1) is 7.43. The topological polar surface area (TPSA) is 35.5 Å². The van der Waals surface area contributed by atoms with Crippen molar-refractivity contribution in [2.24, 2.45) is 0 Å². The molecule has 0 unspecified atom stereocenters. The van der Waals surface area contributed by atoms with E-state index in [1.54, 1.807) is 0 Å². The van der Waals surface area contributed by atoms with Crippen LogP contribution in [0.2, 0.25) is 0 Å². The molecule has 0 heterocycles. The highest BCUT2D eigenvalue weighted by atomic mass is 31.2. The Morgan fingerprint density at radius 2 is 1.38 bits per heavy atom. The quantitative estimate of drug-likeness (QED) is 0.560. The lowest BCUT2D eigenvalue weighted by Gasteiger charge is -2.32. The van der Waals surface area contributed by atoms with Crippen molar-refractivity contribution < 1.29 is 13.6 Å². The van der Waals surface area contributed by atoms with Crippen LogP contribution in [0.3, 0.4) is 0 Å². The van der Waals surface area contributed by atoms with Gasteiger partial charge < -0.3 is 9.05 Å². The Hall–Kier alpha value is 0.150. The lowest BCUT2D eigenvalue weighted by atomic mass is 10.1. The number of rotatable bonds is 9. The van der Waals surface area contributed by atoms with Crippen LogP contribution in [0.5, 0.6) is 0 Å². The fourth-order valence-electron chi connectivity index (χ4n) is 1.56. The van der Waals surface area contributed by atoms with Crippen molar-refractivity contribution in [2.45, 2.75) is 65.5 Å². The molecule has 0 amide bonds. The molecule has 0 aromatic heterocycles. The van der Waals surface area contributed by atoms with E-state index < -0.39 is 7.60 Å². The minimum absolute atomic E-state index is 0.383. The van der Waals surface area contributed by atoms with E-state index in [0.717, 1.165) is 25.7 Å². The van der Waals surface area contributed by atoms with Crippen LogP contribution in [0.15, 0.2) is 0 Å². The molecule has 98 valence electrons. The fourth-order valence-corrected chi connectivity index (χ4v) is 3.68. The lowest BCUT2D eigenvalue weighted by Crippen LogP contribution is -2.23. The van der Waals surface area contributed by atoms with Gasteiger partial charge in [-0.2, -0.15) is 0 Å². The second-order valence-electron chi connectivity index (χ2n) is 4.73. The lowest BCUT2D eigenvalue weighted by molar-refractivity contribution is 0.184. The van der Waals surface area contributed by atoms with Gasteiger partial charge in [0.05, 0.1) is 18.4 Å². The Balaban J connectivity index is 4.68. The van der Waals surface area contributed by atoms with E-state index in [1.165, 1.54) is 0 Å². The molecule has 4 heteroatoms. The van der Waals surface area contributed by atoms with Crippen LogP contribution >= 0.6 is 7.60 Å². The average Bonchev–Trinajstić information content (AvgIpc) is 2.23. The van der Waals surface area contributed by atoms with Crippen LogP contribution in [0.4, 0.5) is 0 Å². The van der Waals surface area contributed by atoms with Crippen LogP contribution in [0.25, 0.3) is 0 Å². The zero-order chi connectivity index (χ0) is 12.7. The Morgan fingerprint density at radius 3 is 1.69 bits per heavy atom. The monoisotopic (exact) mass is 250 g/mol. The second-order valence-corrected chi connectivity index (χ2v) is 7.45. The highest BCUT2D eigenvalue weighted by molar-refractivity contribution is 7.55. The molecular formula is C12H27O3P. The zero-order valence-electron chi connectivity index (χ0n) is 11.4. The molecule has 0 aromatic carbocycles. The molecule has 0 radical (unpaired) electrons. The summed E-state index contributed by atoms with van der Waals surface area (Å²) in [5.74, 6) is 0. The van der Waals surface area contributed by atoms with Gasteiger partial charge in [0.2, 0.25) is 0 Å². The van der Waals surface area contributed by atoms with Gasteiger partial charge in [-0.15, -0.1) is 0 Å². The third-order valence-electron chi connectivity index (χ3n) is 2.53. The summed E-state index contributed by atoms with van der Waals surface area (Å²) in [5.41, 5.74) is 0. The highest BCUT2D eigenvalue weighted by Gasteiger charge is 2.42. The summed E-state index contributed by atoms with van der Waals surface area (Å²) in [6.45, 7) is 11.1. The predicted molar refractivity (Wildman–Crippen MR) is 69.1 cm³/mol. The molecule has 0 rings (SSSR count). The molecule has 0 saturated carbocycles. The molecule has 0 saturated heterocycles. The number of hydrogen-bond acceptors (Lipinski definition) is 3. The first-order valence-corrected chi connectivity index (χ1v) is 7.87. The van der Waals surface area contributed by atoms with Gasteiger partial charge in [-0.1, -0.05) is 27.2 Å². The zero-order valence-corrected chi connectivity index (χ0v) is 12.3. The summed E-state index contributed by atoms with van der Waals surface area (Å²) in [6.07, 6.45) is 3.57. The standard InChI is InChI=1S/C12H27O3P/c1-6-9-12(4,5)16(13,14-10-7-2)15-11-8-3/h6-11H2,1-5H3. The van der Waals surface area contributed by atoms with Crippen LogP contribution in [-0.2, 0) is 13.6 Å². The molecule has 0 aliphatic carbocycles. The Morgan fingerprint density at radius 1 is 0.938 bits per heavy atom. The molecule has 0 spiro atoms. The molecule has 0 aliphatic heterocycles. The van der Waals surface area contributed by atoms with Crippen LogP contribution < -0.4 is 0 Å². The molecule has 0 N–H and O–H groups in total. The Kier molecular flexibility index (Phi) is 7.54. The molecule has 0 aliphatic rings. The van der Waals surface area contributed by atoms with E-state index in [4.69, 9.17) is 9.05 Å². The van der Waals surface area contributed by atoms with Crippen LogP contribution in [0, 0.1) is 0 Å². The van der Waals surface area contributed by atoms with Crippen molar-refractivity contribution in [3.05, 3.63) is 0 Å².